The van der Waals surface area contributed by atoms with E-state index in [9.17, 15) is 14.4 Å². The number of halogens is 1. The number of carbonyl (C=O) groups excluding carboxylic acids is 3. The van der Waals surface area contributed by atoms with Gasteiger partial charge in [0.15, 0.2) is 0 Å². The summed E-state index contributed by atoms with van der Waals surface area (Å²) in [5, 5.41) is 6.54. The highest BCUT2D eigenvalue weighted by molar-refractivity contribution is 6.45. The molecule has 9 heteroatoms. The number of ether oxygens (including phenoxy) is 2. The van der Waals surface area contributed by atoms with Crippen LogP contribution in [0.3, 0.4) is 0 Å². The number of Topliss-reactive ketones (excluding diaryl/α,β-unsaturated/α-hetero) is 1. The van der Waals surface area contributed by atoms with Gasteiger partial charge >= 0.3 is 6.09 Å². The fourth-order valence-electron chi connectivity index (χ4n) is 3.59. The topological polar surface area (TPSA) is 98.7 Å². The van der Waals surface area contributed by atoms with Gasteiger partial charge in [-0.1, -0.05) is 43.1 Å². The SMILES string of the molecule is CCCCOC(=O)NCCCNC(=O)C(=O)c1c(COc2ccc(Cl)cc2)n(C)c2ccccc12. The van der Waals surface area contributed by atoms with Gasteiger partial charge in [-0.25, -0.2) is 4.79 Å². The Morgan fingerprint density at radius 2 is 1.69 bits per heavy atom. The molecule has 2 N–H and O–H groups in total. The predicted octanol–water partition coefficient (Wildman–Crippen LogP) is 4.63. The van der Waals surface area contributed by atoms with Crippen LogP contribution in [0.1, 0.15) is 42.2 Å². The predicted molar refractivity (Wildman–Crippen MR) is 135 cm³/mol. The molecule has 0 radical (unpaired) electrons. The number of para-hydroxylation sites is 1. The average molecular weight is 500 g/mol. The van der Waals surface area contributed by atoms with E-state index in [4.69, 9.17) is 21.1 Å². The largest absolute Gasteiger partial charge is 0.487 e. The molecular formula is C26H30ClN3O5. The van der Waals surface area contributed by atoms with E-state index in [2.05, 4.69) is 10.6 Å². The molecule has 0 saturated heterocycles. The molecular weight excluding hydrogens is 470 g/mol. The minimum atomic E-state index is -0.709. The number of nitrogens with one attached hydrogen (secondary N) is 2. The van der Waals surface area contributed by atoms with Gasteiger partial charge in [-0.15, -0.1) is 0 Å². The number of unbranched alkanes of at least 4 members (excludes halogenated alkanes) is 1. The minimum absolute atomic E-state index is 0.102. The summed E-state index contributed by atoms with van der Waals surface area (Å²) in [5.41, 5.74) is 1.73. The average Bonchev–Trinajstić information content (AvgIpc) is 3.14. The van der Waals surface area contributed by atoms with Crippen LogP contribution in [0.4, 0.5) is 4.79 Å². The highest BCUT2D eigenvalue weighted by Crippen LogP contribution is 2.27. The van der Waals surface area contributed by atoms with Crippen molar-refractivity contribution < 1.29 is 23.9 Å². The molecule has 1 heterocycles. The zero-order chi connectivity index (χ0) is 25.2. The Balaban J connectivity index is 1.63. The Hall–Kier alpha value is -3.52. The molecule has 186 valence electrons. The Bertz CT molecular complexity index is 1170. The van der Waals surface area contributed by atoms with Crippen molar-refractivity contribution in [3.05, 3.63) is 64.8 Å². The zero-order valence-corrected chi connectivity index (χ0v) is 20.7. The van der Waals surface area contributed by atoms with E-state index in [0.29, 0.717) is 47.0 Å². The number of rotatable bonds is 12. The number of hydrogen-bond acceptors (Lipinski definition) is 5. The first-order chi connectivity index (χ1) is 16.9. The zero-order valence-electron chi connectivity index (χ0n) is 19.9. The molecule has 0 saturated carbocycles. The van der Waals surface area contributed by atoms with Crippen LogP contribution in [-0.4, -0.2) is 42.0 Å². The van der Waals surface area contributed by atoms with E-state index in [0.717, 1.165) is 18.4 Å². The molecule has 2 amide bonds. The van der Waals surface area contributed by atoms with Crippen LogP contribution < -0.4 is 15.4 Å². The number of carbonyl (C=O) groups is 3. The lowest BCUT2D eigenvalue weighted by atomic mass is 10.1. The van der Waals surface area contributed by atoms with Crippen molar-refractivity contribution >= 4 is 40.3 Å². The fourth-order valence-corrected chi connectivity index (χ4v) is 3.71. The molecule has 0 aliphatic carbocycles. The monoisotopic (exact) mass is 499 g/mol. The smallest absolute Gasteiger partial charge is 0.407 e. The number of aromatic nitrogens is 1. The molecule has 0 spiro atoms. The lowest BCUT2D eigenvalue weighted by Crippen LogP contribution is -2.34. The summed E-state index contributed by atoms with van der Waals surface area (Å²) in [5.74, 6) is -0.744. The standard InChI is InChI=1S/C26H30ClN3O5/c1-3-4-16-34-26(33)29-15-7-14-28-25(32)24(31)23-20-8-5-6-9-21(20)30(2)22(23)17-35-19-12-10-18(27)11-13-19/h5-6,8-13H,3-4,7,14-17H2,1-2H3,(H,28,32)(H,29,33). The molecule has 0 atom stereocenters. The second-order valence-electron chi connectivity index (χ2n) is 8.00. The second kappa shape index (κ2) is 12.8. The maximum Gasteiger partial charge on any atom is 0.407 e. The normalized spacial score (nSPS) is 10.7. The third-order valence-corrected chi connectivity index (χ3v) is 5.74. The van der Waals surface area contributed by atoms with Crippen LogP contribution in [-0.2, 0) is 23.2 Å². The molecule has 3 rings (SSSR count). The number of benzene rings is 2. The van der Waals surface area contributed by atoms with Crippen molar-refractivity contribution in [3.63, 3.8) is 0 Å². The number of fused-ring (bicyclic) bond motifs is 1. The maximum absolute atomic E-state index is 13.2. The molecule has 0 fully saturated rings. The molecule has 0 aliphatic heterocycles. The van der Waals surface area contributed by atoms with Crippen molar-refractivity contribution in [1.29, 1.82) is 0 Å². The van der Waals surface area contributed by atoms with Gasteiger partial charge in [-0.2, -0.15) is 0 Å². The Morgan fingerprint density at radius 3 is 2.43 bits per heavy atom. The summed E-state index contributed by atoms with van der Waals surface area (Å²) in [6, 6.07) is 14.3. The van der Waals surface area contributed by atoms with Crippen molar-refractivity contribution in [3.8, 4) is 5.75 Å². The number of alkyl carbamates (subject to hydrolysis) is 1. The molecule has 1 aromatic heterocycles. The highest BCUT2D eigenvalue weighted by atomic mass is 35.5. The first-order valence-corrected chi connectivity index (χ1v) is 12.0. The van der Waals surface area contributed by atoms with E-state index in [1.807, 2.05) is 42.8 Å². The molecule has 8 nitrogen and oxygen atoms in total. The molecule has 0 aliphatic rings. The lowest BCUT2D eigenvalue weighted by Gasteiger charge is -2.11. The van der Waals surface area contributed by atoms with E-state index >= 15 is 0 Å². The van der Waals surface area contributed by atoms with E-state index in [1.54, 1.807) is 24.3 Å². The number of aryl methyl sites for hydroxylation is 1. The van der Waals surface area contributed by atoms with Crippen LogP contribution in [0, 0.1) is 0 Å². The Morgan fingerprint density at radius 1 is 0.971 bits per heavy atom. The van der Waals surface area contributed by atoms with E-state index < -0.39 is 17.8 Å². The van der Waals surface area contributed by atoms with Crippen molar-refractivity contribution in [2.45, 2.75) is 32.8 Å². The van der Waals surface area contributed by atoms with Gasteiger partial charge in [0.2, 0.25) is 0 Å². The van der Waals surface area contributed by atoms with Gasteiger partial charge in [-0.05, 0) is 43.2 Å². The molecule has 0 bridgehead atoms. The quantitative estimate of drug-likeness (QED) is 0.215. The summed E-state index contributed by atoms with van der Waals surface area (Å²) in [7, 11) is 1.84. The Kier molecular flexibility index (Phi) is 9.55. The van der Waals surface area contributed by atoms with Crippen LogP contribution in [0.2, 0.25) is 5.02 Å². The molecule has 35 heavy (non-hydrogen) atoms. The summed E-state index contributed by atoms with van der Waals surface area (Å²) in [6.45, 7) is 3.06. The van der Waals surface area contributed by atoms with Crippen LogP contribution in [0.15, 0.2) is 48.5 Å². The number of hydrogen-bond donors (Lipinski definition) is 2. The van der Waals surface area contributed by atoms with E-state index in [1.165, 1.54) is 0 Å². The Labute approximate surface area is 209 Å². The second-order valence-corrected chi connectivity index (χ2v) is 8.43. The fraction of sp³-hybridized carbons (Fsp3) is 0.346. The first kappa shape index (κ1) is 26.1. The first-order valence-electron chi connectivity index (χ1n) is 11.6. The van der Waals surface area contributed by atoms with Crippen LogP contribution in [0.5, 0.6) is 5.75 Å². The number of amides is 2. The third kappa shape index (κ3) is 6.99. The summed E-state index contributed by atoms with van der Waals surface area (Å²) < 4.78 is 12.8. The van der Waals surface area contributed by atoms with Gasteiger partial charge in [-0.3, -0.25) is 9.59 Å². The van der Waals surface area contributed by atoms with Gasteiger partial charge < -0.3 is 24.7 Å². The van der Waals surface area contributed by atoms with Crippen molar-refractivity contribution in [2.75, 3.05) is 19.7 Å². The molecule has 3 aromatic rings. The van der Waals surface area contributed by atoms with Crippen molar-refractivity contribution in [1.82, 2.24) is 15.2 Å². The molecule has 2 aromatic carbocycles. The summed E-state index contributed by atoms with van der Waals surface area (Å²) in [4.78, 5) is 37.4. The van der Waals surface area contributed by atoms with E-state index in [-0.39, 0.29) is 13.2 Å². The van der Waals surface area contributed by atoms with Crippen LogP contribution in [0.25, 0.3) is 10.9 Å². The number of ketones is 1. The lowest BCUT2D eigenvalue weighted by molar-refractivity contribution is -0.117. The summed E-state index contributed by atoms with van der Waals surface area (Å²) >= 11 is 5.94. The van der Waals surface area contributed by atoms with Gasteiger partial charge in [0.25, 0.3) is 11.7 Å². The third-order valence-electron chi connectivity index (χ3n) is 5.49. The highest BCUT2D eigenvalue weighted by Gasteiger charge is 2.26. The number of nitrogens with zero attached hydrogens (tertiary/aromatic N) is 1. The van der Waals surface area contributed by atoms with Crippen LogP contribution >= 0.6 is 11.6 Å². The summed E-state index contributed by atoms with van der Waals surface area (Å²) in [6.07, 6.45) is 1.73. The van der Waals surface area contributed by atoms with Gasteiger partial charge in [0.05, 0.1) is 17.9 Å². The maximum atomic E-state index is 13.2. The van der Waals surface area contributed by atoms with Crippen molar-refractivity contribution in [2.24, 2.45) is 7.05 Å². The minimum Gasteiger partial charge on any atom is -0.487 e. The molecule has 0 unspecified atom stereocenters. The van der Waals surface area contributed by atoms with Gasteiger partial charge in [0.1, 0.15) is 12.4 Å². The van der Waals surface area contributed by atoms with Gasteiger partial charge in [0, 0.05) is 36.1 Å².